The van der Waals surface area contributed by atoms with Crippen LogP contribution in [0.25, 0.3) is 0 Å². The molecule has 8 heteroatoms. The monoisotopic (exact) mass is 333 g/mol. The van der Waals surface area contributed by atoms with Gasteiger partial charge in [-0.15, -0.1) is 10.2 Å². The molecule has 0 spiro atoms. The van der Waals surface area contributed by atoms with Crippen LogP contribution in [0.1, 0.15) is 24.7 Å². The van der Waals surface area contributed by atoms with Gasteiger partial charge in [0.1, 0.15) is 5.82 Å². The molecule has 0 fully saturated rings. The second-order valence-corrected chi connectivity index (χ2v) is 5.88. The second kappa shape index (κ2) is 8.33. The molecule has 0 aliphatic rings. The SMILES string of the molecule is CCn1c(Cc2ccccc2)nnc1SCCC(=O)NC(N)=O. The molecule has 122 valence electrons. The van der Waals surface area contributed by atoms with Crippen LogP contribution in [0.15, 0.2) is 35.5 Å². The van der Waals surface area contributed by atoms with Gasteiger partial charge >= 0.3 is 6.03 Å². The Morgan fingerprint density at radius 3 is 2.65 bits per heavy atom. The van der Waals surface area contributed by atoms with E-state index in [0.29, 0.717) is 12.2 Å². The summed E-state index contributed by atoms with van der Waals surface area (Å²) in [5.74, 6) is 1.00. The minimum Gasteiger partial charge on any atom is -0.351 e. The van der Waals surface area contributed by atoms with Gasteiger partial charge in [-0.25, -0.2) is 4.79 Å². The molecule has 1 aromatic carbocycles. The number of aromatic nitrogens is 3. The van der Waals surface area contributed by atoms with Crippen molar-refractivity contribution in [1.82, 2.24) is 20.1 Å². The molecule has 2 aromatic rings. The number of amides is 3. The van der Waals surface area contributed by atoms with E-state index in [1.165, 1.54) is 17.3 Å². The van der Waals surface area contributed by atoms with Gasteiger partial charge in [0.25, 0.3) is 0 Å². The number of primary amides is 1. The summed E-state index contributed by atoms with van der Waals surface area (Å²) < 4.78 is 2.03. The fourth-order valence-corrected chi connectivity index (χ4v) is 3.05. The molecule has 23 heavy (non-hydrogen) atoms. The lowest BCUT2D eigenvalue weighted by molar-refractivity contribution is -0.119. The maximum absolute atomic E-state index is 11.4. The van der Waals surface area contributed by atoms with E-state index in [4.69, 9.17) is 5.73 Å². The Labute approximate surface area is 138 Å². The van der Waals surface area contributed by atoms with Crippen LogP contribution in [-0.4, -0.2) is 32.5 Å². The zero-order chi connectivity index (χ0) is 16.7. The first-order valence-electron chi connectivity index (χ1n) is 7.28. The number of nitrogens with one attached hydrogen (secondary N) is 1. The summed E-state index contributed by atoms with van der Waals surface area (Å²) >= 11 is 1.43. The van der Waals surface area contributed by atoms with Gasteiger partial charge in [0.2, 0.25) is 5.91 Å². The summed E-state index contributed by atoms with van der Waals surface area (Å²) in [5.41, 5.74) is 6.07. The van der Waals surface area contributed by atoms with Crippen molar-refractivity contribution in [2.24, 2.45) is 5.73 Å². The molecule has 0 aliphatic carbocycles. The van der Waals surface area contributed by atoms with Crippen LogP contribution in [0, 0.1) is 0 Å². The maximum Gasteiger partial charge on any atom is 0.318 e. The van der Waals surface area contributed by atoms with Crippen LogP contribution >= 0.6 is 11.8 Å². The lowest BCUT2D eigenvalue weighted by atomic mass is 10.1. The highest BCUT2D eigenvalue weighted by Crippen LogP contribution is 2.19. The molecular formula is C15H19N5O2S. The zero-order valence-corrected chi connectivity index (χ0v) is 13.7. The third-order valence-electron chi connectivity index (χ3n) is 3.14. The number of imide groups is 1. The average Bonchev–Trinajstić information content (AvgIpc) is 2.89. The fraction of sp³-hybridized carbons (Fsp3) is 0.333. The van der Waals surface area contributed by atoms with E-state index in [-0.39, 0.29) is 6.42 Å². The van der Waals surface area contributed by atoms with E-state index in [1.54, 1.807) is 0 Å². The lowest BCUT2D eigenvalue weighted by Crippen LogP contribution is -2.35. The number of hydrogen-bond donors (Lipinski definition) is 2. The third-order valence-corrected chi connectivity index (χ3v) is 4.11. The quantitative estimate of drug-likeness (QED) is 0.749. The third kappa shape index (κ3) is 5.10. The largest absolute Gasteiger partial charge is 0.351 e. The van der Waals surface area contributed by atoms with Crippen molar-refractivity contribution in [2.75, 3.05) is 5.75 Å². The number of carbonyl (C=O) groups is 2. The van der Waals surface area contributed by atoms with Gasteiger partial charge in [-0.3, -0.25) is 10.1 Å². The topological polar surface area (TPSA) is 103 Å². The number of hydrogen-bond acceptors (Lipinski definition) is 5. The van der Waals surface area contributed by atoms with E-state index >= 15 is 0 Å². The first-order valence-corrected chi connectivity index (χ1v) is 8.26. The summed E-state index contributed by atoms with van der Waals surface area (Å²) in [6, 6.07) is 9.24. The Morgan fingerprint density at radius 1 is 1.26 bits per heavy atom. The zero-order valence-electron chi connectivity index (χ0n) is 12.9. The number of thioether (sulfide) groups is 1. The minimum absolute atomic E-state index is 0.193. The van der Waals surface area contributed by atoms with Crippen LogP contribution < -0.4 is 11.1 Å². The van der Waals surface area contributed by atoms with E-state index in [0.717, 1.165) is 17.5 Å². The molecule has 1 aromatic heterocycles. The average molecular weight is 333 g/mol. The summed E-state index contributed by atoms with van der Waals surface area (Å²) in [6.45, 7) is 2.78. The predicted molar refractivity (Wildman–Crippen MR) is 88.0 cm³/mol. The van der Waals surface area contributed by atoms with E-state index < -0.39 is 11.9 Å². The Morgan fingerprint density at radius 2 is 2.00 bits per heavy atom. The molecule has 2 rings (SSSR count). The maximum atomic E-state index is 11.4. The number of urea groups is 1. The van der Waals surface area contributed by atoms with Gasteiger partial charge in [0.05, 0.1) is 0 Å². The van der Waals surface area contributed by atoms with Gasteiger partial charge in [-0.2, -0.15) is 0 Å². The number of benzene rings is 1. The Bertz CT molecular complexity index is 672. The Hall–Kier alpha value is -2.35. The first kappa shape index (κ1) is 17.0. The molecule has 0 radical (unpaired) electrons. The Kier molecular flexibility index (Phi) is 6.16. The predicted octanol–water partition coefficient (Wildman–Crippen LogP) is 1.57. The normalized spacial score (nSPS) is 10.5. The van der Waals surface area contributed by atoms with Crippen LogP contribution in [0.5, 0.6) is 0 Å². The van der Waals surface area contributed by atoms with Crippen molar-refractivity contribution in [3.8, 4) is 0 Å². The molecule has 3 amide bonds. The van der Waals surface area contributed by atoms with Crippen molar-refractivity contribution in [2.45, 2.75) is 31.5 Å². The highest BCUT2D eigenvalue weighted by atomic mass is 32.2. The Balaban J connectivity index is 1.95. The molecular weight excluding hydrogens is 314 g/mol. The molecule has 0 unspecified atom stereocenters. The molecule has 0 atom stereocenters. The highest BCUT2D eigenvalue weighted by molar-refractivity contribution is 7.99. The van der Waals surface area contributed by atoms with Crippen LogP contribution in [0.2, 0.25) is 0 Å². The number of rotatable bonds is 7. The van der Waals surface area contributed by atoms with Gasteiger partial charge in [-0.05, 0) is 12.5 Å². The van der Waals surface area contributed by atoms with Crippen LogP contribution in [-0.2, 0) is 17.8 Å². The smallest absolute Gasteiger partial charge is 0.318 e. The molecule has 0 aliphatic heterocycles. The minimum atomic E-state index is -0.832. The molecule has 1 heterocycles. The van der Waals surface area contributed by atoms with Gasteiger partial charge in [-0.1, -0.05) is 42.1 Å². The standard InChI is InChI=1S/C15H19N5O2S/c1-2-20-12(10-11-6-4-3-5-7-11)18-19-15(20)23-9-8-13(21)17-14(16)22/h3-7H,2,8-10H2,1H3,(H3,16,17,21,22). The van der Waals surface area contributed by atoms with Gasteiger partial charge < -0.3 is 10.3 Å². The summed E-state index contributed by atoms with van der Waals surface area (Å²) in [6.07, 6.45) is 0.905. The summed E-state index contributed by atoms with van der Waals surface area (Å²) in [7, 11) is 0. The number of carbonyl (C=O) groups excluding carboxylic acids is 2. The summed E-state index contributed by atoms with van der Waals surface area (Å²) in [4.78, 5) is 22.0. The van der Waals surface area contributed by atoms with E-state index in [9.17, 15) is 9.59 Å². The number of nitrogens with two attached hydrogens (primary N) is 1. The van der Waals surface area contributed by atoms with Crippen LogP contribution in [0.3, 0.4) is 0 Å². The summed E-state index contributed by atoms with van der Waals surface area (Å²) in [5, 5.41) is 11.2. The number of nitrogens with zero attached hydrogens (tertiary/aromatic N) is 3. The van der Waals surface area contributed by atoms with Gasteiger partial charge in [0, 0.05) is 25.1 Å². The molecule has 3 N–H and O–H groups in total. The van der Waals surface area contributed by atoms with Gasteiger partial charge in [0.15, 0.2) is 5.16 Å². The van der Waals surface area contributed by atoms with Crippen molar-refractivity contribution in [3.63, 3.8) is 0 Å². The van der Waals surface area contributed by atoms with Crippen molar-refractivity contribution >= 4 is 23.7 Å². The fourth-order valence-electron chi connectivity index (χ4n) is 2.09. The van der Waals surface area contributed by atoms with Crippen molar-refractivity contribution in [1.29, 1.82) is 0 Å². The molecule has 0 bridgehead atoms. The molecule has 0 saturated heterocycles. The lowest BCUT2D eigenvalue weighted by Gasteiger charge is -2.07. The molecule has 0 saturated carbocycles. The molecule has 7 nitrogen and oxygen atoms in total. The van der Waals surface area contributed by atoms with E-state index in [1.807, 2.05) is 35.0 Å². The van der Waals surface area contributed by atoms with Crippen molar-refractivity contribution < 1.29 is 9.59 Å². The first-order chi connectivity index (χ1) is 11.1. The highest BCUT2D eigenvalue weighted by Gasteiger charge is 2.12. The van der Waals surface area contributed by atoms with E-state index in [2.05, 4.69) is 22.3 Å². The second-order valence-electron chi connectivity index (χ2n) is 4.82. The van der Waals surface area contributed by atoms with Crippen LogP contribution in [0.4, 0.5) is 4.79 Å². The van der Waals surface area contributed by atoms with Crippen molar-refractivity contribution in [3.05, 3.63) is 41.7 Å².